The average molecular weight is 359 g/mol. The molecule has 0 aliphatic heterocycles. The van der Waals surface area contributed by atoms with E-state index in [1.165, 1.54) is 0 Å². The minimum atomic E-state index is -0.337. The van der Waals surface area contributed by atoms with Gasteiger partial charge >= 0.3 is 0 Å². The minimum Gasteiger partial charge on any atom is -0.490 e. The number of nitriles is 1. The van der Waals surface area contributed by atoms with E-state index >= 15 is 0 Å². The largest absolute Gasteiger partial charge is 0.490 e. The Morgan fingerprint density at radius 3 is 2.76 bits per heavy atom. The van der Waals surface area contributed by atoms with E-state index in [1.807, 2.05) is 31.2 Å². The summed E-state index contributed by atoms with van der Waals surface area (Å²) in [4.78, 5) is 11.4. The number of nitrogens with zero attached hydrogens (tertiary/aromatic N) is 1. The third-order valence-corrected chi connectivity index (χ3v) is 3.57. The van der Waals surface area contributed by atoms with Gasteiger partial charge in [0, 0.05) is 17.1 Å². The minimum absolute atomic E-state index is 0.179. The lowest BCUT2D eigenvalue weighted by Gasteiger charge is -2.13. The van der Waals surface area contributed by atoms with Crippen LogP contribution < -0.4 is 14.8 Å². The molecule has 0 heterocycles. The number of aryl methyl sites for hydroxylation is 1. The van der Waals surface area contributed by atoms with Gasteiger partial charge in [-0.1, -0.05) is 23.7 Å². The van der Waals surface area contributed by atoms with Crippen molar-refractivity contribution in [1.82, 2.24) is 5.32 Å². The molecule has 0 spiro atoms. The highest BCUT2D eigenvalue weighted by molar-refractivity contribution is 6.30. The Morgan fingerprint density at radius 2 is 2.00 bits per heavy atom. The van der Waals surface area contributed by atoms with E-state index in [9.17, 15) is 4.79 Å². The van der Waals surface area contributed by atoms with Gasteiger partial charge in [-0.05, 0) is 42.8 Å². The van der Waals surface area contributed by atoms with Crippen molar-refractivity contribution >= 4 is 17.5 Å². The van der Waals surface area contributed by atoms with Crippen molar-refractivity contribution in [2.24, 2.45) is 0 Å². The van der Waals surface area contributed by atoms with Crippen LogP contribution in [0.2, 0.25) is 5.02 Å². The maximum absolute atomic E-state index is 11.4. The molecule has 0 saturated heterocycles. The lowest BCUT2D eigenvalue weighted by molar-refractivity contribution is -0.120. The summed E-state index contributed by atoms with van der Waals surface area (Å²) in [6, 6.07) is 14.8. The second-order valence-electron chi connectivity index (χ2n) is 5.38. The first-order valence-electron chi connectivity index (χ1n) is 7.83. The van der Waals surface area contributed by atoms with E-state index in [4.69, 9.17) is 26.3 Å². The van der Waals surface area contributed by atoms with Gasteiger partial charge < -0.3 is 14.8 Å². The fraction of sp³-hybridized carbons (Fsp3) is 0.263. The van der Waals surface area contributed by atoms with E-state index in [0.29, 0.717) is 24.0 Å². The topological polar surface area (TPSA) is 71.3 Å². The third kappa shape index (κ3) is 6.36. The number of halogens is 1. The van der Waals surface area contributed by atoms with E-state index in [1.54, 1.807) is 24.3 Å². The number of hydrogen-bond acceptors (Lipinski definition) is 4. The van der Waals surface area contributed by atoms with E-state index in [2.05, 4.69) is 5.32 Å². The van der Waals surface area contributed by atoms with Gasteiger partial charge in [-0.2, -0.15) is 5.26 Å². The van der Waals surface area contributed by atoms with Gasteiger partial charge in [-0.15, -0.1) is 0 Å². The smallest absolute Gasteiger partial charge is 0.234 e. The number of carbonyl (C=O) groups excluding carboxylic acids is 1. The Morgan fingerprint density at radius 1 is 1.20 bits per heavy atom. The van der Waals surface area contributed by atoms with Crippen molar-refractivity contribution in [3.8, 4) is 17.6 Å². The predicted octanol–water partition coefficient (Wildman–Crippen LogP) is 3.64. The zero-order valence-electron chi connectivity index (χ0n) is 13.9. The normalized spacial score (nSPS) is 9.96. The number of hydrogen-bond donors (Lipinski definition) is 1. The quantitative estimate of drug-likeness (QED) is 0.731. The highest BCUT2D eigenvalue weighted by Gasteiger charge is 2.07. The van der Waals surface area contributed by atoms with Crippen LogP contribution in [0.4, 0.5) is 0 Å². The number of nitrogens with one attached hydrogen (secondary N) is 1. The summed E-state index contributed by atoms with van der Waals surface area (Å²) < 4.78 is 11.4. The highest BCUT2D eigenvalue weighted by Crippen LogP contribution is 2.23. The molecule has 0 unspecified atom stereocenters. The lowest BCUT2D eigenvalue weighted by atomic mass is 10.2. The Bertz CT molecular complexity index is 772. The molecule has 0 radical (unpaired) electrons. The first-order chi connectivity index (χ1) is 12.1. The van der Waals surface area contributed by atoms with Gasteiger partial charge in [0.2, 0.25) is 5.91 Å². The van der Waals surface area contributed by atoms with Crippen LogP contribution in [0.15, 0.2) is 42.5 Å². The summed E-state index contributed by atoms with van der Waals surface area (Å²) in [5.74, 6) is 1.08. The van der Waals surface area contributed by atoms with Crippen LogP contribution in [0.3, 0.4) is 0 Å². The molecule has 1 N–H and O–H groups in total. The number of rotatable bonds is 8. The van der Waals surface area contributed by atoms with Crippen molar-refractivity contribution in [2.45, 2.75) is 19.9 Å². The zero-order valence-corrected chi connectivity index (χ0v) is 14.7. The molecule has 5 nitrogen and oxygen atoms in total. The van der Waals surface area contributed by atoms with Crippen LogP contribution in [0.25, 0.3) is 0 Å². The van der Waals surface area contributed by atoms with Gasteiger partial charge in [0.05, 0.1) is 6.07 Å². The summed E-state index contributed by atoms with van der Waals surface area (Å²) in [5, 5.41) is 11.7. The Hall–Kier alpha value is -2.71. The number of ether oxygens (including phenoxy) is 2. The summed E-state index contributed by atoms with van der Waals surface area (Å²) in [5.41, 5.74) is 1.88. The van der Waals surface area contributed by atoms with Crippen molar-refractivity contribution < 1.29 is 14.3 Å². The summed E-state index contributed by atoms with van der Waals surface area (Å²) >= 11 is 6.00. The van der Waals surface area contributed by atoms with Crippen LogP contribution in [-0.2, 0) is 11.3 Å². The Labute approximate surface area is 152 Å². The van der Waals surface area contributed by atoms with Gasteiger partial charge in [-0.25, -0.2) is 0 Å². The van der Waals surface area contributed by atoms with Crippen molar-refractivity contribution in [3.05, 3.63) is 58.6 Å². The highest BCUT2D eigenvalue weighted by atomic mass is 35.5. The standard InChI is InChI=1S/C19H19ClN2O3/c1-14-3-2-4-17(11-14)24-9-10-25-18-6-5-16(20)12-15(18)13-22-19(23)7-8-21/h2-6,11-12H,7,9-10,13H2,1H3,(H,22,23). The molecule has 0 aliphatic rings. The lowest BCUT2D eigenvalue weighted by Crippen LogP contribution is -2.22. The molecule has 2 rings (SSSR count). The zero-order chi connectivity index (χ0) is 18.1. The molecule has 1 amide bonds. The monoisotopic (exact) mass is 358 g/mol. The van der Waals surface area contributed by atoms with Crippen LogP contribution >= 0.6 is 11.6 Å². The molecule has 130 valence electrons. The van der Waals surface area contributed by atoms with E-state index < -0.39 is 0 Å². The molecule has 6 heteroatoms. The molecule has 0 bridgehead atoms. The molecule has 0 atom stereocenters. The van der Waals surface area contributed by atoms with E-state index in [0.717, 1.165) is 16.9 Å². The molecule has 2 aromatic carbocycles. The van der Waals surface area contributed by atoms with Crippen LogP contribution in [0, 0.1) is 18.3 Å². The van der Waals surface area contributed by atoms with Crippen molar-refractivity contribution in [2.75, 3.05) is 13.2 Å². The number of amides is 1. The molecular formula is C19H19ClN2O3. The summed E-state index contributed by atoms with van der Waals surface area (Å²) in [6.07, 6.45) is -0.179. The van der Waals surface area contributed by atoms with Gasteiger partial charge in [-0.3, -0.25) is 4.79 Å². The third-order valence-electron chi connectivity index (χ3n) is 3.34. The van der Waals surface area contributed by atoms with Crippen molar-refractivity contribution in [1.29, 1.82) is 5.26 Å². The summed E-state index contributed by atoms with van der Waals surface area (Å²) in [7, 11) is 0. The van der Waals surface area contributed by atoms with Crippen LogP contribution in [-0.4, -0.2) is 19.1 Å². The predicted molar refractivity (Wildman–Crippen MR) is 95.7 cm³/mol. The molecule has 0 aromatic heterocycles. The Kier molecular flexibility index (Phi) is 7.12. The molecule has 2 aromatic rings. The van der Waals surface area contributed by atoms with Crippen molar-refractivity contribution in [3.63, 3.8) is 0 Å². The van der Waals surface area contributed by atoms with Gasteiger partial charge in [0.1, 0.15) is 31.1 Å². The summed E-state index contributed by atoms with van der Waals surface area (Å²) in [6.45, 7) is 3.00. The Balaban J connectivity index is 1.88. The molecular weight excluding hydrogens is 340 g/mol. The van der Waals surface area contributed by atoms with Gasteiger partial charge in [0.25, 0.3) is 0 Å². The SMILES string of the molecule is Cc1cccc(OCCOc2ccc(Cl)cc2CNC(=O)CC#N)c1. The van der Waals surface area contributed by atoms with Crippen LogP contribution in [0.5, 0.6) is 11.5 Å². The molecule has 0 fully saturated rings. The average Bonchev–Trinajstić information content (AvgIpc) is 2.58. The number of benzene rings is 2. The molecule has 0 saturated carbocycles. The number of carbonyl (C=O) groups is 1. The van der Waals surface area contributed by atoms with E-state index in [-0.39, 0.29) is 18.9 Å². The molecule has 25 heavy (non-hydrogen) atoms. The first kappa shape index (κ1) is 18.6. The maximum atomic E-state index is 11.4. The fourth-order valence-corrected chi connectivity index (χ4v) is 2.37. The first-order valence-corrected chi connectivity index (χ1v) is 8.20. The second-order valence-corrected chi connectivity index (χ2v) is 5.81. The van der Waals surface area contributed by atoms with Gasteiger partial charge in [0.15, 0.2) is 0 Å². The fourth-order valence-electron chi connectivity index (χ4n) is 2.17. The second kappa shape index (κ2) is 9.55. The maximum Gasteiger partial charge on any atom is 0.234 e. The molecule has 0 aliphatic carbocycles. The van der Waals surface area contributed by atoms with Crippen LogP contribution in [0.1, 0.15) is 17.5 Å².